The maximum absolute atomic E-state index is 12.3. The van der Waals surface area contributed by atoms with Gasteiger partial charge in [-0.1, -0.05) is 29.8 Å². The minimum Gasteiger partial charge on any atom is -0.457 e. The maximum atomic E-state index is 12.3. The number of nitrogens with one attached hydrogen (secondary N) is 1. The van der Waals surface area contributed by atoms with Gasteiger partial charge in [0, 0.05) is 34.5 Å². The SMILES string of the molecule is N#C/C(=C\c1ccc(-c2cccc([N+](=O)[O-])c2)o1)C(=O)Nc1cccc(Cl)c1. The van der Waals surface area contributed by atoms with Gasteiger partial charge in [-0.3, -0.25) is 14.9 Å². The lowest BCUT2D eigenvalue weighted by Gasteiger charge is -2.04. The van der Waals surface area contributed by atoms with E-state index in [0.29, 0.717) is 22.0 Å². The van der Waals surface area contributed by atoms with Gasteiger partial charge in [0.2, 0.25) is 0 Å². The van der Waals surface area contributed by atoms with Crippen molar-refractivity contribution in [2.45, 2.75) is 0 Å². The molecular weight excluding hydrogens is 382 g/mol. The number of amides is 1. The molecule has 3 aromatic rings. The third-order valence-electron chi connectivity index (χ3n) is 3.70. The van der Waals surface area contributed by atoms with Crippen molar-refractivity contribution in [3.63, 3.8) is 0 Å². The number of nitro benzene ring substituents is 1. The second-order valence-corrected chi connectivity index (χ2v) is 6.08. The first kappa shape index (κ1) is 18.9. The average molecular weight is 394 g/mol. The molecule has 2 aromatic carbocycles. The van der Waals surface area contributed by atoms with E-state index in [-0.39, 0.29) is 17.0 Å². The molecule has 1 aromatic heterocycles. The average Bonchev–Trinajstić information content (AvgIpc) is 3.15. The Morgan fingerprint density at radius 2 is 1.96 bits per heavy atom. The second kappa shape index (κ2) is 8.20. The van der Waals surface area contributed by atoms with Crippen LogP contribution in [0, 0.1) is 21.4 Å². The Labute approximate surface area is 164 Å². The fourth-order valence-electron chi connectivity index (χ4n) is 2.41. The van der Waals surface area contributed by atoms with E-state index in [1.807, 2.05) is 6.07 Å². The zero-order valence-electron chi connectivity index (χ0n) is 14.3. The Morgan fingerprint density at radius 1 is 1.18 bits per heavy atom. The number of nitro groups is 1. The fraction of sp³-hybridized carbons (Fsp3) is 0. The number of non-ortho nitro benzene ring substituents is 1. The van der Waals surface area contributed by atoms with Crippen molar-refractivity contribution in [2.24, 2.45) is 0 Å². The Morgan fingerprint density at radius 3 is 2.68 bits per heavy atom. The van der Waals surface area contributed by atoms with E-state index in [0.717, 1.165) is 0 Å². The smallest absolute Gasteiger partial charge is 0.270 e. The van der Waals surface area contributed by atoms with Gasteiger partial charge in [0.15, 0.2) is 0 Å². The van der Waals surface area contributed by atoms with E-state index in [4.69, 9.17) is 16.0 Å². The minimum atomic E-state index is -0.613. The second-order valence-electron chi connectivity index (χ2n) is 5.64. The summed E-state index contributed by atoms with van der Waals surface area (Å²) in [5, 5.41) is 23.2. The monoisotopic (exact) mass is 393 g/mol. The Kier molecular flexibility index (Phi) is 5.53. The van der Waals surface area contributed by atoms with Gasteiger partial charge in [-0.15, -0.1) is 0 Å². The molecule has 0 aliphatic rings. The predicted octanol–water partition coefficient (Wildman–Crippen LogP) is 5.05. The van der Waals surface area contributed by atoms with Crippen LogP contribution in [0.3, 0.4) is 0 Å². The third-order valence-corrected chi connectivity index (χ3v) is 3.94. The van der Waals surface area contributed by atoms with E-state index < -0.39 is 10.8 Å². The molecule has 7 nitrogen and oxygen atoms in total. The zero-order valence-corrected chi connectivity index (χ0v) is 15.0. The lowest BCUT2D eigenvalue weighted by Crippen LogP contribution is -2.13. The number of furan rings is 1. The molecule has 0 fully saturated rings. The highest BCUT2D eigenvalue weighted by molar-refractivity contribution is 6.31. The van der Waals surface area contributed by atoms with Crippen LogP contribution in [-0.2, 0) is 4.79 Å². The summed E-state index contributed by atoms with van der Waals surface area (Å²) in [6.07, 6.45) is 1.29. The van der Waals surface area contributed by atoms with E-state index in [2.05, 4.69) is 5.32 Å². The quantitative estimate of drug-likeness (QED) is 0.282. The van der Waals surface area contributed by atoms with Gasteiger partial charge in [-0.05, 0) is 30.3 Å². The summed E-state index contributed by atoms with van der Waals surface area (Å²) < 4.78 is 5.61. The van der Waals surface area contributed by atoms with Crippen LogP contribution in [0.4, 0.5) is 11.4 Å². The topological polar surface area (TPSA) is 109 Å². The number of carbonyl (C=O) groups is 1. The number of hydrogen-bond acceptors (Lipinski definition) is 5. The standard InChI is InChI=1S/C20H12ClN3O4/c21-15-4-2-5-16(11-15)23-20(25)14(12-22)10-18-7-8-19(28-18)13-3-1-6-17(9-13)24(26)27/h1-11H,(H,23,25)/b14-10+. The van der Waals surface area contributed by atoms with Gasteiger partial charge in [-0.2, -0.15) is 5.26 Å². The van der Waals surface area contributed by atoms with Crippen molar-refractivity contribution in [2.75, 3.05) is 5.32 Å². The molecule has 0 radical (unpaired) electrons. The van der Waals surface area contributed by atoms with E-state index in [9.17, 15) is 20.2 Å². The number of carbonyl (C=O) groups excluding carboxylic acids is 1. The first-order valence-electron chi connectivity index (χ1n) is 7.99. The summed E-state index contributed by atoms with van der Waals surface area (Å²) in [4.78, 5) is 22.7. The first-order valence-corrected chi connectivity index (χ1v) is 8.37. The molecule has 0 spiro atoms. The molecular formula is C20H12ClN3O4. The summed E-state index contributed by atoms with van der Waals surface area (Å²) in [5.41, 5.74) is 0.732. The highest BCUT2D eigenvalue weighted by Gasteiger charge is 2.13. The molecule has 0 saturated carbocycles. The number of nitrogens with zero attached hydrogens (tertiary/aromatic N) is 2. The molecule has 0 aliphatic carbocycles. The number of hydrogen-bond donors (Lipinski definition) is 1. The molecule has 28 heavy (non-hydrogen) atoms. The Bertz CT molecular complexity index is 1130. The van der Waals surface area contributed by atoms with E-state index in [1.165, 1.54) is 18.2 Å². The van der Waals surface area contributed by atoms with Crippen molar-refractivity contribution in [3.8, 4) is 17.4 Å². The molecule has 1 amide bonds. The Balaban J connectivity index is 1.82. The summed E-state index contributed by atoms with van der Waals surface area (Å²) in [6.45, 7) is 0. The molecule has 1 N–H and O–H groups in total. The summed E-state index contributed by atoms with van der Waals surface area (Å²) >= 11 is 5.88. The molecule has 0 saturated heterocycles. The zero-order chi connectivity index (χ0) is 20.1. The van der Waals surface area contributed by atoms with Gasteiger partial charge in [0.25, 0.3) is 11.6 Å². The highest BCUT2D eigenvalue weighted by Crippen LogP contribution is 2.26. The van der Waals surface area contributed by atoms with Crippen molar-refractivity contribution in [1.29, 1.82) is 5.26 Å². The van der Waals surface area contributed by atoms with Crippen LogP contribution in [0.15, 0.2) is 70.7 Å². The largest absolute Gasteiger partial charge is 0.457 e. The molecule has 3 rings (SSSR count). The molecule has 0 unspecified atom stereocenters. The van der Waals surface area contributed by atoms with Gasteiger partial charge in [0.05, 0.1) is 4.92 Å². The summed E-state index contributed by atoms with van der Waals surface area (Å²) in [5.74, 6) is 0.0276. The van der Waals surface area contributed by atoms with Crippen LogP contribution in [0.25, 0.3) is 17.4 Å². The van der Waals surface area contributed by atoms with Crippen molar-refractivity contribution < 1.29 is 14.1 Å². The maximum Gasteiger partial charge on any atom is 0.270 e. The number of rotatable bonds is 5. The Hall–Kier alpha value is -3.89. The predicted molar refractivity (Wildman–Crippen MR) is 104 cm³/mol. The van der Waals surface area contributed by atoms with Crippen LogP contribution < -0.4 is 5.32 Å². The van der Waals surface area contributed by atoms with Gasteiger partial charge < -0.3 is 9.73 Å². The van der Waals surface area contributed by atoms with Crippen molar-refractivity contribution >= 4 is 35.0 Å². The molecule has 1 heterocycles. The van der Waals surface area contributed by atoms with E-state index >= 15 is 0 Å². The molecule has 8 heteroatoms. The van der Waals surface area contributed by atoms with Crippen molar-refractivity contribution in [1.82, 2.24) is 0 Å². The van der Waals surface area contributed by atoms with Gasteiger partial charge in [0.1, 0.15) is 23.2 Å². The number of halogens is 1. The molecule has 0 bridgehead atoms. The number of benzene rings is 2. The van der Waals surface area contributed by atoms with Crippen LogP contribution in [0.2, 0.25) is 5.02 Å². The summed E-state index contributed by atoms with van der Waals surface area (Å²) in [6, 6.07) is 17.5. The lowest BCUT2D eigenvalue weighted by atomic mass is 10.1. The number of anilines is 1. The lowest BCUT2D eigenvalue weighted by molar-refractivity contribution is -0.384. The minimum absolute atomic E-state index is 0.0652. The van der Waals surface area contributed by atoms with Crippen LogP contribution in [0.5, 0.6) is 0 Å². The third kappa shape index (κ3) is 4.44. The molecule has 138 valence electrons. The molecule has 0 atom stereocenters. The molecule has 0 aliphatic heterocycles. The summed E-state index contributed by atoms with van der Waals surface area (Å²) in [7, 11) is 0. The highest BCUT2D eigenvalue weighted by atomic mass is 35.5. The normalized spacial score (nSPS) is 10.9. The van der Waals surface area contributed by atoms with Crippen LogP contribution in [-0.4, -0.2) is 10.8 Å². The van der Waals surface area contributed by atoms with Gasteiger partial charge >= 0.3 is 0 Å². The van der Waals surface area contributed by atoms with Crippen LogP contribution in [0.1, 0.15) is 5.76 Å². The fourth-order valence-corrected chi connectivity index (χ4v) is 2.60. The first-order chi connectivity index (χ1) is 13.5. The number of nitriles is 1. The van der Waals surface area contributed by atoms with Crippen LogP contribution >= 0.6 is 11.6 Å². The van der Waals surface area contributed by atoms with E-state index in [1.54, 1.807) is 48.5 Å². The van der Waals surface area contributed by atoms with Gasteiger partial charge in [-0.25, -0.2) is 0 Å². The van der Waals surface area contributed by atoms with Crippen molar-refractivity contribution in [3.05, 3.63) is 87.1 Å².